The van der Waals surface area contributed by atoms with Gasteiger partial charge in [0.15, 0.2) is 0 Å². The van der Waals surface area contributed by atoms with E-state index < -0.39 is 0 Å². The SMILES string of the molecule is Cc1ccc(N2CCCC(CCO)C2)c(CNC2CC2)c1. The zero-order chi connectivity index (χ0) is 14.7. The van der Waals surface area contributed by atoms with E-state index in [1.807, 2.05) is 0 Å². The summed E-state index contributed by atoms with van der Waals surface area (Å²) < 4.78 is 0. The molecule has 1 aromatic carbocycles. The Bertz CT molecular complexity index is 468. The van der Waals surface area contributed by atoms with Crippen LogP contribution in [-0.4, -0.2) is 30.8 Å². The summed E-state index contributed by atoms with van der Waals surface area (Å²) in [7, 11) is 0. The number of piperidine rings is 1. The van der Waals surface area contributed by atoms with Gasteiger partial charge in [-0.3, -0.25) is 0 Å². The maximum absolute atomic E-state index is 9.19. The van der Waals surface area contributed by atoms with E-state index in [4.69, 9.17) is 0 Å². The monoisotopic (exact) mass is 288 g/mol. The van der Waals surface area contributed by atoms with Crippen LogP contribution in [0.25, 0.3) is 0 Å². The Kier molecular flexibility index (Phi) is 4.81. The Morgan fingerprint density at radius 2 is 2.14 bits per heavy atom. The average Bonchev–Trinajstić information content (AvgIpc) is 3.30. The highest BCUT2D eigenvalue weighted by Crippen LogP contribution is 2.29. The Hall–Kier alpha value is -1.06. The maximum Gasteiger partial charge on any atom is 0.0434 e. The third kappa shape index (κ3) is 3.98. The molecule has 1 aromatic rings. The number of hydrogen-bond donors (Lipinski definition) is 2. The van der Waals surface area contributed by atoms with Gasteiger partial charge >= 0.3 is 0 Å². The minimum absolute atomic E-state index is 0.322. The largest absolute Gasteiger partial charge is 0.396 e. The molecule has 1 atom stereocenters. The molecular formula is C18H28N2O. The fourth-order valence-electron chi connectivity index (χ4n) is 3.41. The summed E-state index contributed by atoms with van der Waals surface area (Å²) in [5, 5.41) is 12.8. The minimum Gasteiger partial charge on any atom is -0.396 e. The molecule has 1 aliphatic heterocycles. The number of aliphatic hydroxyl groups is 1. The van der Waals surface area contributed by atoms with Crippen molar-refractivity contribution in [2.45, 2.75) is 51.6 Å². The Morgan fingerprint density at radius 1 is 1.29 bits per heavy atom. The molecule has 0 spiro atoms. The molecule has 2 fully saturated rings. The van der Waals surface area contributed by atoms with Crippen molar-refractivity contribution in [1.29, 1.82) is 0 Å². The van der Waals surface area contributed by atoms with Crippen LogP contribution < -0.4 is 10.2 Å². The summed E-state index contributed by atoms with van der Waals surface area (Å²) in [6, 6.07) is 7.61. The van der Waals surface area contributed by atoms with Gasteiger partial charge in [0.05, 0.1) is 0 Å². The summed E-state index contributed by atoms with van der Waals surface area (Å²) in [5.41, 5.74) is 4.18. The Labute approximate surface area is 128 Å². The van der Waals surface area contributed by atoms with Crippen LogP contribution in [0.4, 0.5) is 5.69 Å². The summed E-state index contributed by atoms with van der Waals surface area (Å²) in [6.45, 7) is 5.74. The minimum atomic E-state index is 0.322. The molecule has 3 nitrogen and oxygen atoms in total. The average molecular weight is 288 g/mol. The van der Waals surface area contributed by atoms with Gasteiger partial charge < -0.3 is 15.3 Å². The maximum atomic E-state index is 9.19. The van der Waals surface area contributed by atoms with Crippen molar-refractivity contribution >= 4 is 5.69 Å². The number of nitrogens with zero attached hydrogens (tertiary/aromatic N) is 1. The molecule has 3 heteroatoms. The lowest BCUT2D eigenvalue weighted by Gasteiger charge is -2.35. The number of benzene rings is 1. The van der Waals surface area contributed by atoms with Gasteiger partial charge in [0.1, 0.15) is 0 Å². The van der Waals surface area contributed by atoms with Crippen LogP contribution in [0.5, 0.6) is 0 Å². The quantitative estimate of drug-likeness (QED) is 0.845. The van der Waals surface area contributed by atoms with Gasteiger partial charge in [-0.1, -0.05) is 17.7 Å². The van der Waals surface area contributed by atoms with E-state index in [1.165, 1.54) is 42.5 Å². The second kappa shape index (κ2) is 6.80. The Morgan fingerprint density at radius 3 is 2.90 bits per heavy atom. The van der Waals surface area contributed by atoms with E-state index in [9.17, 15) is 5.11 Å². The predicted molar refractivity (Wildman–Crippen MR) is 87.7 cm³/mol. The molecule has 3 rings (SSSR count). The molecule has 0 aromatic heterocycles. The number of rotatable bonds is 6. The molecule has 0 bridgehead atoms. The van der Waals surface area contributed by atoms with Gasteiger partial charge in [-0.05, 0) is 56.6 Å². The zero-order valence-corrected chi connectivity index (χ0v) is 13.1. The third-order valence-electron chi connectivity index (χ3n) is 4.79. The summed E-state index contributed by atoms with van der Waals surface area (Å²) in [4.78, 5) is 2.53. The zero-order valence-electron chi connectivity index (χ0n) is 13.1. The second-order valence-corrected chi connectivity index (χ2v) is 6.75. The molecule has 1 saturated heterocycles. The highest BCUT2D eigenvalue weighted by molar-refractivity contribution is 5.55. The van der Waals surface area contributed by atoms with E-state index >= 15 is 0 Å². The molecule has 2 aliphatic rings. The lowest BCUT2D eigenvalue weighted by Crippen LogP contribution is -2.36. The van der Waals surface area contributed by atoms with Crippen molar-refractivity contribution in [3.63, 3.8) is 0 Å². The number of aliphatic hydroxyl groups excluding tert-OH is 1. The van der Waals surface area contributed by atoms with E-state index in [1.54, 1.807) is 0 Å². The lowest BCUT2D eigenvalue weighted by molar-refractivity contribution is 0.244. The van der Waals surface area contributed by atoms with Crippen molar-refractivity contribution in [2.24, 2.45) is 5.92 Å². The van der Waals surface area contributed by atoms with E-state index in [2.05, 4.69) is 35.3 Å². The van der Waals surface area contributed by atoms with Crippen LogP contribution in [0, 0.1) is 12.8 Å². The fourth-order valence-corrected chi connectivity index (χ4v) is 3.41. The first-order valence-electron chi connectivity index (χ1n) is 8.45. The highest BCUT2D eigenvalue weighted by atomic mass is 16.3. The van der Waals surface area contributed by atoms with Crippen LogP contribution in [0.2, 0.25) is 0 Å². The first-order chi connectivity index (χ1) is 10.3. The van der Waals surface area contributed by atoms with Gasteiger partial charge in [-0.2, -0.15) is 0 Å². The van der Waals surface area contributed by atoms with E-state index in [0.29, 0.717) is 12.5 Å². The standard InChI is InChI=1S/C18H28N2O/c1-14-4-7-18(16(11-14)12-19-17-5-6-17)20-9-2-3-15(13-20)8-10-21/h4,7,11,15,17,19,21H,2-3,5-6,8-10,12-13H2,1H3. The molecule has 1 saturated carbocycles. The molecule has 0 radical (unpaired) electrons. The molecule has 1 unspecified atom stereocenters. The number of hydrogen-bond acceptors (Lipinski definition) is 3. The van der Waals surface area contributed by atoms with Crippen molar-refractivity contribution in [3.8, 4) is 0 Å². The fraction of sp³-hybridized carbons (Fsp3) is 0.667. The summed E-state index contributed by atoms with van der Waals surface area (Å²) in [6.07, 6.45) is 6.12. The van der Waals surface area contributed by atoms with Crippen molar-refractivity contribution in [2.75, 3.05) is 24.6 Å². The van der Waals surface area contributed by atoms with Crippen LogP contribution in [0.15, 0.2) is 18.2 Å². The first-order valence-corrected chi connectivity index (χ1v) is 8.45. The lowest BCUT2D eigenvalue weighted by atomic mass is 9.94. The third-order valence-corrected chi connectivity index (χ3v) is 4.79. The van der Waals surface area contributed by atoms with Gasteiger partial charge in [0, 0.05) is 38.0 Å². The number of nitrogens with one attached hydrogen (secondary N) is 1. The van der Waals surface area contributed by atoms with Crippen LogP contribution in [-0.2, 0) is 6.54 Å². The van der Waals surface area contributed by atoms with Gasteiger partial charge in [-0.25, -0.2) is 0 Å². The smallest absolute Gasteiger partial charge is 0.0434 e. The molecule has 0 amide bonds. The van der Waals surface area contributed by atoms with E-state index in [0.717, 1.165) is 32.1 Å². The van der Waals surface area contributed by atoms with Gasteiger partial charge in [0.25, 0.3) is 0 Å². The van der Waals surface area contributed by atoms with Crippen LogP contribution >= 0.6 is 0 Å². The molecule has 1 heterocycles. The molecule has 116 valence electrons. The highest BCUT2D eigenvalue weighted by Gasteiger charge is 2.23. The Balaban J connectivity index is 1.72. The number of anilines is 1. The number of aryl methyl sites for hydroxylation is 1. The van der Waals surface area contributed by atoms with E-state index in [-0.39, 0.29) is 0 Å². The topological polar surface area (TPSA) is 35.5 Å². The molecule has 2 N–H and O–H groups in total. The second-order valence-electron chi connectivity index (χ2n) is 6.75. The van der Waals surface area contributed by atoms with Crippen molar-refractivity contribution in [1.82, 2.24) is 5.32 Å². The van der Waals surface area contributed by atoms with Gasteiger partial charge in [0.2, 0.25) is 0 Å². The first kappa shape index (κ1) is 14.9. The summed E-state index contributed by atoms with van der Waals surface area (Å²) >= 11 is 0. The predicted octanol–water partition coefficient (Wildman–Crippen LogP) is 2.85. The van der Waals surface area contributed by atoms with Crippen molar-refractivity contribution < 1.29 is 5.11 Å². The molecule has 1 aliphatic carbocycles. The van der Waals surface area contributed by atoms with Crippen LogP contribution in [0.3, 0.4) is 0 Å². The normalized spacial score (nSPS) is 22.6. The van der Waals surface area contributed by atoms with Crippen LogP contribution in [0.1, 0.15) is 43.2 Å². The van der Waals surface area contributed by atoms with Crippen molar-refractivity contribution in [3.05, 3.63) is 29.3 Å². The van der Waals surface area contributed by atoms with Gasteiger partial charge in [-0.15, -0.1) is 0 Å². The molecule has 21 heavy (non-hydrogen) atoms. The molecular weight excluding hydrogens is 260 g/mol. The summed E-state index contributed by atoms with van der Waals surface area (Å²) in [5.74, 6) is 0.647.